The van der Waals surface area contributed by atoms with Gasteiger partial charge in [0, 0.05) is 55.7 Å². The Kier molecular flexibility index (Phi) is 8.22. The first-order chi connectivity index (χ1) is 15.4. The van der Waals surface area contributed by atoms with Crippen molar-refractivity contribution >= 4 is 39.3 Å². The molecule has 0 radical (unpaired) electrons. The molecule has 0 bridgehead atoms. The number of alkyl halides is 2. The van der Waals surface area contributed by atoms with E-state index in [0.29, 0.717) is 29.0 Å². The Morgan fingerprint density at radius 1 is 1.38 bits per heavy atom. The number of halogens is 2. The zero-order chi connectivity index (χ0) is 22.7. The van der Waals surface area contributed by atoms with E-state index in [2.05, 4.69) is 68.7 Å². The van der Waals surface area contributed by atoms with E-state index in [9.17, 15) is 4.79 Å². The molecule has 2 saturated heterocycles. The van der Waals surface area contributed by atoms with Crippen molar-refractivity contribution in [2.24, 2.45) is 22.7 Å². The van der Waals surface area contributed by atoms with Gasteiger partial charge in [0.15, 0.2) is 0 Å². The van der Waals surface area contributed by atoms with Crippen LogP contribution in [0.5, 0.6) is 0 Å². The van der Waals surface area contributed by atoms with Gasteiger partial charge < -0.3 is 10.2 Å². The molecule has 3 aliphatic heterocycles. The molecule has 2 fully saturated rings. The summed E-state index contributed by atoms with van der Waals surface area (Å²) < 4.78 is 0. The number of fused-ring (bicyclic) bond motifs is 1. The van der Waals surface area contributed by atoms with Crippen LogP contribution in [-0.2, 0) is 4.79 Å². The summed E-state index contributed by atoms with van der Waals surface area (Å²) >= 11 is 10.5. The van der Waals surface area contributed by atoms with Gasteiger partial charge in [-0.25, -0.2) is 5.43 Å². The quantitative estimate of drug-likeness (QED) is 0.405. The van der Waals surface area contributed by atoms with Crippen molar-refractivity contribution in [2.45, 2.75) is 68.7 Å². The number of rotatable bonds is 6. The summed E-state index contributed by atoms with van der Waals surface area (Å²) in [4.78, 5) is 20.0. The number of hydrazine groups is 1. The standard InChI is InChI=1S/C24H37BrClN5O/c1-16(2)9-10-23(32)30-11-5-6-17(15-30)13-27-22-12-21(18-7-3-4-8-20(18)26)29-24-19(25)14-28-31(22)24/h3,7,12,16-20,24,28-29H,4-6,8-11,13-15H2,1-2H3. The second-order valence-electron chi connectivity index (χ2n) is 9.96. The predicted octanol–water partition coefficient (Wildman–Crippen LogP) is 4.03. The number of nitrogens with one attached hydrogen (secondary N) is 2. The maximum Gasteiger partial charge on any atom is 0.222 e. The molecule has 0 aromatic carbocycles. The summed E-state index contributed by atoms with van der Waals surface area (Å²) in [6.07, 6.45) is 12.6. The largest absolute Gasteiger partial charge is 0.366 e. The van der Waals surface area contributed by atoms with Gasteiger partial charge in [-0.05, 0) is 43.9 Å². The summed E-state index contributed by atoms with van der Waals surface area (Å²) in [5, 5.41) is 5.94. The van der Waals surface area contributed by atoms with Gasteiger partial charge in [0.2, 0.25) is 5.91 Å². The summed E-state index contributed by atoms with van der Waals surface area (Å²) in [6, 6.07) is 0. The van der Waals surface area contributed by atoms with Crippen LogP contribution in [0.15, 0.2) is 28.9 Å². The van der Waals surface area contributed by atoms with Gasteiger partial charge in [-0.1, -0.05) is 41.9 Å². The fraction of sp³-hybridized carbons (Fsp3) is 0.750. The molecule has 3 heterocycles. The molecule has 0 aromatic heterocycles. The lowest BCUT2D eigenvalue weighted by Crippen LogP contribution is -2.55. The Labute approximate surface area is 206 Å². The number of carbonyl (C=O) groups excluding carboxylic acids is 1. The molecule has 32 heavy (non-hydrogen) atoms. The molecule has 1 aliphatic carbocycles. The molecule has 1 amide bonds. The Balaban J connectivity index is 1.45. The van der Waals surface area contributed by atoms with Crippen molar-refractivity contribution in [3.05, 3.63) is 23.9 Å². The van der Waals surface area contributed by atoms with Crippen molar-refractivity contribution in [2.75, 3.05) is 26.2 Å². The minimum absolute atomic E-state index is 0.110. The number of carbonyl (C=O) groups is 1. The van der Waals surface area contributed by atoms with E-state index in [4.69, 9.17) is 16.6 Å². The maximum atomic E-state index is 12.6. The number of hydrogen-bond donors (Lipinski definition) is 2. The first-order valence-electron chi connectivity index (χ1n) is 12.2. The van der Waals surface area contributed by atoms with Crippen molar-refractivity contribution in [1.29, 1.82) is 0 Å². The van der Waals surface area contributed by atoms with Crippen molar-refractivity contribution in [1.82, 2.24) is 20.7 Å². The Hall–Kier alpha value is -1.05. The molecular formula is C24H37BrClN5O. The SMILES string of the molecule is CC(C)CCC(=O)N1CCCC(CN=C2C=C(C3C=CCCC3Cl)NC3C(Br)CNN23)C1. The normalized spacial score (nSPS) is 34.0. The molecule has 5 atom stereocenters. The van der Waals surface area contributed by atoms with Crippen LogP contribution in [0.1, 0.15) is 52.4 Å². The molecule has 2 N–H and O–H groups in total. The highest BCUT2D eigenvalue weighted by atomic mass is 79.9. The third kappa shape index (κ3) is 5.71. The molecule has 178 valence electrons. The van der Waals surface area contributed by atoms with E-state index < -0.39 is 0 Å². The molecule has 4 rings (SSSR count). The fourth-order valence-corrected chi connectivity index (χ4v) is 5.86. The van der Waals surface area contributed by atoms with Gasteiger partial charge in [-0.2, -0.15) is 0 Å². The number of piperidine rings is 1. The molecule has 5 unspecified atom stereocenters. The lowest BCUT2D eigenvalue weighted by atomic mass is 9.91. The van der Waals surface area contributed by atoms with Crippen LogP contribution in [0.2, 0.25) is 0 Å². The number of amides is 1. The number of hydrogen-bond acceptors (Lipinski definition) is 4. The highest BCUT2D eigenvalue weighted by Crippen LogP contribution is 2.32. The van der Waals surface area contributed by atoms with E-state index in [0.717, 1.165) is 69.8 Å². The van der Waals surface area contributed by atoms with E-state index in [-0.39, 0.29) is 17.5 Å². The van der Waals surface area contributed by atoms with Crippen molar-refractivity contribution < 1.29 is 4.79 Å². The van der Waals surface area contributed by atoms with Gasteiger partial charge >= 0.3 is 0 Å². The minimum atomic E-state index is 0.110. The number of aliphatic imine (C=N–C) groups is 1. The fourth-order valence-electron chi connectivity index (χ4n) is 5.00. The average molecular weight is 527 g/mol. The monoisotopic (exact) mass is 525 g/mol. The van der Waals surface area contributed by atoms with Gasteiger partial charge in [-0.3, -0.25) is 14.8 Å². The predicted molar refractivity (Wildman–Crippen MR) is 135 cm³/mol. The lowest BCUT2D eigenvalue weighted by molar-refractivity contribution is -0.133. The molecule has 0 aromatic rings. The van der Waals surface area contributed by atoms with Crippen LogP contribution < -0.4 is 10.7 Å². The number of allylic oxidation sites excluding steroid dienone is 2. The first kappa shape index (κ1) is 24.1. The Morgan fingerprint density at radius 2 is 2.22 bits per heavy atom. The van der Waals surface area contributed by atoms with E-state index in [1.54, 1.807) is 0 Å². The van der Waals surface area contributed by atoms with Crippen LogP contribution in [0, 0.1) is 17.8 Å². The van der Waals surface area contributed by atoms with Crippen LogP contribution in [-0.4, -0.2) is 64.2 Å². The topological polar surface area (TPSA) is 60.0 Å². The Morgan fingerprint density at radius 3 is 3.00 bits per heavy atom. The van der Waals surface area contributed by atoms with Gasteiger partial charge in [0.25, 0.3) is 0 Å². The molecule has 0 spiro atoms. The minimum Gasteiger partial charge on any atom is -0.366 e. The van der Waals surface area contributed by atoms with Crippen LogP contribution in [0.25, 0.3) is 0 Å². The van der Waals surface area contributed by atoms with Crippen molar-refractivity contribution in [3.63, 3.8) is 0 Å². The smallest absolute Gasteiger partial charge is 0.222 e. The van der Waals surface area contributed by atoms with Gasteiger partial charge in [-0.15, -0.1) is 11.6 Å². The zero-order valence-corrected chi connectivity index (χ0v) is 21.6. The number of amidine groups is 1. The van der Waals surface area contributed by atoms with E-state index in [1.165, 1.54) is 0 Å². The van der Waals surface area contributed by atoms with Crippen LogP contribution in [0.4, 0.5) is 0 Å². The van der Waals surface area contributed by atoms with Crippen LogP contribution >= 0.6 is 27.5 Å². The zero-order valence-electron chi connectivity index (χ0n) is 19.3. The summed E-state index contributed by atoms with van der Waals surface area (Å²) in [7, 11) is 0. The summed E-state index contributed by atoms with van der Waals surface area (Å²) in [5.41, 5.74) is 4.62. The molecule has 8 heteroatoms. The molecule has 4 aliphatic rings. The van der Waals surface area contributed by atoms with Gasteiger partial charge in [0.1, 0.15) is 12.0 Å². The number of likely N-dealkylation sites (tertiary alicyclic amines) is 1. The molecule has 0 saturated carbocycles. The number of nitrogens with zero attached hydrogens (tertiary/aromatic N) is 3. The third-order valence-electron chi connectivity index (χ3n) is 6.94. The first-order valence-corrected chi connectivity index (χ1v) is 13.6. The maximum absolute atomic E-state index is 12.6. The second kappa shape index (κ2) is 10.9. The summed E-state index contributed by atoms with van der Waals surface area (Å²) in [5.74, 6) is 2.46. The Bertz CT molecular complexity index is 769. The van der Waals surface area contributed by atoms with Gasteiger partial charge in [0.05, 0.1) is 4.83 Å². The van der Waals surface area contributed by atoms with E-state index >= 15 is 0 Å². The van der Waals surface area contributed by atoms with Crippen molar-refractivity contribution in [3.8, 4) is 0 Å². The molecule has 6 nitrogen and oxygen atoms in total. The third-order valence-corrected chi connectivity index (χ3v) is 8.26. The highest BCUT2D eigenvalue weighted by molar-refractivity contribution is 9.09. The second-order valence-corrected chi connectivity index (χ2v) is 11.7. The lowest BCUT2D eigenvalue weighted by Gasteiger charge is -2.38. The highest BCUT2D eigenvalue weighted by Gasteiger charge is 2.39. The molecular weight excluding hydrogens is 490 g/mol. The van der Waals surface area contributed by atoms with Crippen LogP contribution in [0.3, 0.4) is 0 Å². The van der Waals surface area contributed by atoms with E-state index in [1.807, 2.05) is 0 Å². The average Bonchev–Trinajstić information content (AvgIpc) is 3.17. The summed E-state index contributed by atoms with van der Waals surface area (Å²) in [6.45, 7) is 7.67.